The maximum atomic E-state index is 5.51. The Kier molecular flexibility index (Phi) is 1.92. The average Bonchev–Trinajstić information content (AvgIpc) is 2.36. The van der Waals surface area contributed by atoms with Crippen LogP contribution < -0.4 is 11.3 Å². The predicted octanol–water partition coefficient (Wildman–Crippen LogP) is 0.745. The van der Waals surface area contributed by atoms with Gasteiger partial charge in [-0.15, -0.1) is 11.3 Å². The fourth-order valence-electron chi connectivity index (χ4n) is 1.45. The quantitative estimate of drug-likeness (QED) is 0.526. The van der Waals surface area contributed by atoms with E-state index in [1.165, 1.54) is 10.4 Å². The van der Waals surface area contributed by atoms with E-state index in [0.29, 0.717) is 13.2 Å². The van der Waals surface area contributed by atoms with Crippen LogP contribution in [0.2, 0.25) is 0 Å². The van der Waals surface area contributed by atoms with Gasteiger partial charge >= 0.3 is 0 Å². The molecule has 0 atom stereocenters. The first-order valence-electron chi connectivity index (χ1n) is 3.88. The molecule has 0 radical (unpaired) electrons. The lowest BCUT2D eigenvalue weighted by molar-refractivity contribution is -0.0770. The number of nitrogens with two attached hydrogens (primary N) is 1. The summed E-state index contributed by atoms with van der Waals surface area (Å²) in [6.07, 6.45) is 0. The number of ether oxygens (including phenoxy) is 1. The summed E-state index contributed by atoms with van der Waals surface area (Å²) in [4.78, 5) is 1.30. The Morgan fingerprint density at radius 3 is 2.75 bits per heavy atom. The van der Waals surface area contributed by atoms with Gasteiger partial charge in [-0.2, -0.15) is 0 Å². The molecular weight excluding hydrogens is 172 g/mol. The first-order chi connectivity index (χ1) is 5.78. The van der Waals surface area contributed by atoms with E-state index in [0.717, 1.165) is 0 Å². The van der Waals surface area contributed by atoms with Crippen LogP contribution in [0.4, 0.5) is 0 Å². The van der Waals surface area contributed by atoms with Gasteiger partial charge in [0, 0.05) is 4.88 Å². The molecule has 0 amide bonds. The third-order valence-electron chi connectivity index (χ3n) is 2.27. The minimum atomic E-state index is -0.0990. The second-order valence-corrected chi connectivity index (χ2v) is 4.07. The topological polar surface area (TPSA) is 47.3 Å². The summed E-state index contributed by atoms with van der Waals surface area (Å²) >= 11 is 1.73. The zero-order chi connectivity index (χ0) is 8.60. The smallest absolute Gasteiger partial charge is 0.113 e. The highest BCUT2D eigenvalue weighted by atomic mass is 32.1. The van der Waals surface area contributed by atoms with Gasteiger partial charge in [-0.05, 0) is 23.9 Å². The van der Waals surface area contributed by atoms with E-state index in [1.807, 2.05) is 0 Å². The molecular formula is C8H12N2OS. The monoisotopic (exact) mass is 184 g/mol. The molecule has 4 heteroatoms. The Morgan fingerprint density at radius 1 is 1.67 bits per heavy atom. The summed E-state index contributed by atoms with van der Waals surface area (Å²) in [5.74, 6) is 5.51. The molecule has 1 aromatic heterocycles. The molecule has 2 rings (SSSR count). The van der Waals surface area contributed by atoms with Gasteiger partial charge in [0.1, 0.15) is 5.54 Å². The molecule has 1 saturated heterocycles. The van der Waals surface area contributed by atoms with Gasteiger partial charge in [0.25, 0.3) is 0 Å². The average molecular weight is 184 g/mol. The summed E-state index contributed by atoms with van der Waals surface area (Å²) in [5.41, 5.74) is 4.04. The third kappa shape index (κ3) is 0.998. The summed E-state index contributed by atoms with van der Waals surface area (Å²) < 4.78 is 5.17. The third-order valence-corrected chi connectivity index (χ3v) is 3.49. The highest BCUT2D eigenvalue weighted by Crippen LogP contribution is 2.34. The van der Waals surface area contributed by atoms with Crippen LogP contribution in [0.15, 0.2) is 11.4 Å². The highest BCUT2D eigenvalue weighted by Gasteiger charge is 2.41. The summed E-state index contributed by atoms with van der Waals surface area (Å²) in [6, 6.07) is 2.11. The lowest BCUT2D eigenvalue weighted by Gasteiger charge is -2.40. The molecule has 1 aliphatic heterocycles. The fourth-order valence-corrected chi connectivity index (χ4v) is 2.51. The Morgan fingerprint density at radius 2 is 2.42 bits per heavy atom. The van der Waals surface area contributed by atoms with Gasteiger partial charge in [-0.1, -0.05) is 0 Å². The predicted molar refractivity (Wildman–Crippen MR) is 48.9 cm³/mol. The molecule has 0 spiro atoms. The molecule has 3 N–H and O–H groups in total. The summed E-state index contributed by atoms with van der Waals surface area (Å²) in [6.45, 7) is 3.47. The van der Waals surface area contributed by atoms with Crippen LogP contribution in [0.1, 0.15) is 10.4 Å². The van der Waals surface area contributed by atoms with Crippen molar-refractivity contribution in [1.82, 2.24) is 5.43 Å². The van der Waals surface area contributed by atoms with Gasteiger partial charge in [0.15, 0.2) is 0 Å². The number of hydrazine groups is 1. The Balaban J connectivity index is 2.33. The molecule has 0 aliphatic carbocycles. The van der Waals surface area contributed by atoms with E-state index in [9.17, 15) is 0 Å². The van der Waals surface area contributed by atoms with E-state index in [2.05, 4.69) is 23.8 Å². The van der Waals surface area contributed by atoms with Gasteiger partial charge in [-0.25, -0.2) is 5.43 Å². The lowest BCUT2D eigenvalue weighted by Crippen LogP contribution is -2.60. The first kappa shape index (κ1) is 8.19. The molecule has 3 nitrogen and oxygen atoms in total. The number of thiophene rings is 1. The van der Waals surface area contributed by atoms with Crippen LogP contribution in [0.25, 0.3) is 0 Å². The molecule has 1 aromatic rings. The van der Waals surface area contributed by atoms with E-state index in [1.54, 1.807) is 11.3 Å². The molecule has 0 unspecified atom stereocenters. The minimum absolute atomic E-state index is 0.0990. The SMILES string of the molecule is Cc1ccsc1C1(NN)COC1. The Bertz CT molecular complexity index is 275. The van der Waals surface area contributed by atoms with Crippen molar-refractivity contribution in [2.75, 3.05) is 13.2 Å². The minimum Gasteiger partial charge on any atom is -0.377 e. The first-order valence-corrected chi connectivity index (χ1v) is 4.76. The maximum Gasteiger partial charge on any atom is 0.113 e. The molecule has 1 fully saturated rings. The Hall–Kier alpha value is -0.420. The standard InChI is InChI=1S/C8H12N2OS/c1-6-2-3-12-7(6)8(10-9)4-11-5-8/h2-3,10H,4-5,9H2,1H3. The second kappa shape index (κ2) is 2.81. The number of nitrogens with one attached hydrogen (secondary N) is 1. The van der Waals surface area contributed by atoms with Crippen molar-refractivity contribution in [3.63, 3.8) is 0 Å². The molecule has 2 heterocycles. The zero-order valence-electron chi connectivity index (χ0n) is 6.96. The normalized spacial score (nSPS) is 20.5. The van der Waals surface area contributed by atoms with Crippen molar-refractivity contribution in [3.8, 4) is 0 Å². The van der Waals surface area contributed by atoms with Gasteiger partial charge < -0.3 is 4.74 Å². The van der Waals surface area contributed by atoms with Crippen LogP contribution in [-0.4, -0.2) is 13.2 Å². The van der Waals surface area contributed by atoms with E-state index in [-0.39, 0.29) is 5.54 Å². The zero-order valence-corrected chi connectivity index (χ0v) is 7.78. The van der Waals surface area contributed by atoms with Crippen molar-refractivity contribution in [3.05, 3.63) is 21.9 Å². The lowest BCUT2D eigenvalue weighted by atomic mass is 9.94. The molecule has 0 bridgehead atoms. The van der Waals surface area contributed by atoms with Crippen molar-refractivity contribution in [1.29, 1.82) is 0 Å². The fraction of sp³-hybridized carbons (Fsp3) is 0.500. The largest absolute Gasteiger partial charge is 0.377 e. The van der Waals surface area contributed by atoms with Crippen LogP contribution >= 0.6 is 11.3 Å². The van der Waals surface area contributed by atoms with Crippen LogP contribution in [-0.2, 0) is 10.3 Å². The molecule has 66 valence electrons. The number of hydrogen-bond donors (Lipinski definition) is 2. The second-order valence-electron chi connectivity index (χ2n) is 3.15. The van der Waals surface area contributed by atoms with E-state index >= 15 is 0 Å². The molecule has 12 heavy (non-hydrogen) atoms. The summed E-state index contributed by atoms with van der Waals surface area (Å²) in [7, 11) is 0. The van der Waals surface area contributed by atoms with Gasteiger partial charge in [0.05, 0.1) is 13.2 Å². The van der Waals surface area contributed by atoms with Gasteiger partial charge in [0.2, 0.25) is 0 Å². The van der Waals surface area contributed by atoms with Crippen molar-refractivity contribution in [2.45, 2.75) is 12.5 Å². The maximum absolute atomic E-state index is 5.51. The van der Waals surface area contributed by atoms with E-state index in [4.69, 9.17) is 10.6 Å². The van der Waals surface area contributed by atoms with Crippen molar-refractivity contribution >= 4 is 11.3 Å². The van der Waals surface area contributed by atoms with Crippen LogP contribution in [0, 0.1) is 6.92 Å². The number of rotatable bonds is 2. The van der Waals surface area contributed by atoms with Crippen molar-refractivity contribution in [2.24, 2.45) is 5.84 Å². The summed E-state index contributed by atoms with van der Waals surface area (Å²) in [5, 5.41) is 2.09. The van der Waals surface area contributed by atoms with Crippen LogP contribution in [0.5, 0.6) is 0 Å². The van der Waals surface area contributed by atoms with Gasteiger partial charge in [-0.3, -0.25) is 5.84 Å². The van der Waals surface area contributed by atoms with Crippen LogP contribution in [0.3, 0.4) is 0 Å². The number of hydrogen-bond acceptors (Lipinski definition) is 4. The van der Waals surface area contributed by atoms with E-state index < -0.39 is 0 Å². The Labute approximate surface area is 75.5 Å². The highest BCUT2D eigenvalue weighted by molar-refractivity contribution is 7.10. The van der Waals surface area contributed by atoms with Crippen molar-refractivity contribution < 1.29 is 4.74 Å². The molecule has 1 aliphatic rings. The molecule has 0 aromatic carbocycles. The molecule has 0 saturated carbocycles. The number of aryl methyl sites for hydroxylation is 1.